The van der Waals surface area contributed by atoms with Crippen LogP contribution in [0.4, 0.5) is 11.4 Å². The highest BCUT2D eigenvalue weighted by atomic mass is 16.5. The summed E-state index contributed by atoms with van der Waals surface area (Å²) in [5.41, 5.74) is 1.18. The first kappa shape index (κ1) is 16.3. The molecule has 2 N–H and O–H groups in total. The average molecular weight is 332 g/mol. The second kappa shape index (κ2) is 6.51. The van der Waals surface area contributed by atoms with Crippen LogP contribution in [0.3, 0.4) is 0 Å². The summed E-state index contributed by atoms with van der Waals surface area (Å²) in [5.74, 6) is -1.31. The highest BCUT2D eigenvalue weighted by Gasteiger charge is 2.31. The zero-order valence-corrected chi connectivity index (χ0v) is 13.4. The minimum Gasteiger partial charge on any atom is -0.482 e. The number of hydrogen-bond acceptors (Lipinski definition) is 4. The van der Waals surface area contributed by atoms with Gasteiger partial charge in [0.1, 0.15) is 5.75 Å². The number of nitrogens with one attached hydrogen (secondary N) is 1. The Hall–Kier alpha value is -2.57. The third-order valence-corrected chi connectivity index (χ3v) is 4.71. The molecular weight excluding hydrogens is 312 g/mol. The van der Waals surface area contributed by atoms with Gasteiger partial charge in [-0.25, -0.2) is 0 Å². The van der Waals surface area contributed by atoms with E-state index in [0.29, 0.717) is 36.4 Å². The summed E-state index contributed by atoms with van der Waals surface area (Å²) in [6, 6.07) is 5.13. The molecule has 1 aliphatic heterocycles. The van der Waals surface area contributed by atoms with E-state index in [1.54, 1.807) is 25.2 Å². The van der Waals surface area contributed by atoms with Crippen molar-refractivity contribution < 1.29 is 24.2 Å². The van der Waals surface area contributed by atoms with Gasteiger partial charge in [0, 0.05) is 18.7 Å². The first-order chi connectivity index (χ1) is 11.5. The number of ether oxygens (including phenoxy) is 1. The normalized spacial score (nSPS) is 23.2. The highest BCUT2D eigenvalue weighted by Crippen LogP contribution is 2.35. The second-order valence-electron chi connectivity index (χ2n) is 6.31. The van der Waals surface area contributed by atoms with Gasteiger partial charge in [0.25, 0.3) is 5.91 Å². The van der Waals surface area contributed by atoms with Crippen LogP contribution >= 0.6 is 0 Å². The van der Waals surface area contributed by atoms with E-state index in [9.17, 15) is 14.4 Å². The molecule has 128 valence electrons. The predicted molar refractivity (Wildman–Crippen MR) is 87.1 cm³/mol. The second-order valence-corrected chi connectivity index (χ2v) is 6.31. The summed E-state index contributed by atoms with van der Waals surface area (Å²) >= 11 is 0. The molecule has 1 aliphatic carbocycles. The van der Waals surface area contributed by atoms with Crippen molar-refractivity contribution in [1.82, 2.24) is 0 Å². The predicted octanol–water partition coefficient (Wildman–Crippen LogP) is 1.87. The van der Waals surface area contributed by atoms with Crippen LogP contribution in [0.1, 0.15) is 25.7 Å². The summed E-state index contributed by atoms with van der Waals surface area (Å²) in [5, 5.41) is 12.0. The number of nitrogens with zero attached hydrogens (tertiary/aromatic N) is 1. The van der Waals surface area contributed by atoms with Crippen molar-refractivity contribution in [2.75, 3.05) is 23.9 Å². The number of anilines is 2. The van der Waals surface area contributed by atoms with Gasteiger partial charge in [-0.3, -0.25) is 14.4 Å². The van der Waals surface area contributed by atoms with E-state index in [4.69, 9.17) is 9.84 Å². The van der Waals surface area contributed by atoms with E-state index in [0.717, 1.165) is 6.42 Å². The molecule has 1 aromatic rings. The van der Waals surface area contributed by atoms with Crippen molar-refractivity contribution in [3.63, 3.8) is 0 Å². The largest absolute Gasteiger partial charge is 0.482 e. The molecule has 2 unspecified atom stereocenters. The maximum absolute atomic E-state index is 12.4. The van der Waals surface area contributed by atoms with E-state index in [1.165, 1.54) is 4.90 Å². The number of carbonyl (C=O) groups is 3. The number of amides is 2. The van der Waals surface area contributed by atoms with Crippen molar-refractivity contribution in [2.45, 2.75) is 25.7 Å². The number of carbonyl (C=O) groups excluding carboxylic acids is 2. The first-order valence-electron chi connectivity index (χ1n) is 8.03. The molecule has 2 atom stereocenters. The standard InChI is InChI=1S/C17H20N2O5/c1-19-13-8-12(5-6-14(13)24-9-15(19)20)18-16(21)10-3-2-4-11(7-10)17(22)23/h5-6,8,10-11H,2-4,7,9H2,1H3,(H,18,21)(H,22,23). The topological polar surface area (TPSA) is 95.9 Å². The zero-order chi connectivity index (χ0) is 17.3. The lowest BCUT2D eigenvalue weighted by molar-refractivity contribution is -0.143. The van der Waals surface area contributed by atoms with Gasteiger partial charge >= 0.3 is 5.97 Å². The molecule has 0 bridgehead atoms. The summed E-state index contributed by atoms with van der Waals surface area (Å²) in [7, 11) is 1.66. The van der Waals surface area contributed by atoms with Gasteiger partial charge in [-0.15, -0.1) is 0 Å². The lowest BCUT2D eigenvalue weighted by Gasteiger charge is -2.27. The average Bonchev–Trinajstić information content (AvgIpc) is 2.58. The Morgan fingerprint density at radius 3 is 2.79 bits per heavy atom. The third-order valence-electron chi connectivity index (χ3n) is 4.71. The van der Waals surface area contributed by atoms with E-state index in [1.807, 2.05) is 0 Å². The third kappa shape index (κ3) is 3.20. The molecule has 2 aliphatic rings. The fourth-order valence-electron chi connectivity index (χ4n) is 3.25. The zero-order valence-electron chi connectivity index (χ0n) is 13.4. The van der Waals surface area contributed by atoms with Gasteiger partial charge in [0.2, 0.25) is 5.91 Å². The molecule has 2 amide bonds. The van der Waals surface area contributed by atoms with Crippen LogP contribution in [0.25, 0.3) is 0 Å². The van der Waals surface area contributed by atoms with Gasteiger partial charge in [0.15, 0.2) is 6.61 Å². The molecule has 7 heteroatoms. The van der Waals surface area contributed by atoms with Crippen LogP contribution in [0.2, 0.25) is 0 Å². The fourth-order valence-corrected chi connectivity index (χ4v) is 3.25. The lowest BCUT2D eigenvalue weighted by Crippen LogP contribution is -2.35. The molecule has 0 spiro atoms. The summed E-state index contributed by atoms with van der Waals surface area (Å²) in [4.78, 5) is 36.8. The van der Waals surface area contributed by atoms with Crippen molar-refractivity contribution in [2.24, 2.45) is 11.8 Å². The highest BCUT2D eigenvalue weighted by molar-refractivity contribution is 5.99. The Kier molecular flexibility index (Phi) is 4.42. The number of benzene rings is 1. The Bertz CT molecular complexity index is 688. The summed E-state index contributed by atoms with van der Waals surface area (Å²) in [6.07, 6.45) is 2.43. The molecule has 0 saturated heterocycles. The number of hydrogen-bond donors (Lipinski definition) is 2. The van der Waals surface area contributed by atoms with E-state index < -0.39 is 11.9 Å². The van der Waals surface area contributed by atoms with Gasteiger partial charge in [-0.1, -0.05) is 6.42 Å². The van der Waals surface area contributed by atoms with Crippen LogP contribution in [-0.4, -0.2) is 36.5 Å². The summed E-state index contributed by atoms with van der Waals surface area (Å²) in [6.45, 7) is 0.00779. The fraction of sp³-hybridized carbons (Fsp3) is 0.471. The minimum absolute atomic E-state index is 0.00779. The van der Waals surface area contributed by atoms with Crippen LogP contribution in [-0.2, 0) is 14.4 Å². The van der Waals surface area contributed by atoms with Crippen molar-refractivity contribution in [1.29, 1.82) is 0 Å². The van der Waals surface area contributed by atoms with Crippen LogP contribution < -0.4 is 15.0 Å². The van der Waals surface area contributed by atoms with Crippen molar-refractivity contribution >= 4 is 29.2 Å². The van der Waals surface area contributed by atoms with Gasteiger partial charge in [-0.2, -0.15) is 0 Å². The molecule has 3 rings (SSSR count). The molecule has 1 saturated carbocycles. The number of carboxylic acid groups (broad SMARTS) is 1. The van der Waals surface area contributed by atoms with E-state index in [-0.39, 0.29) is 24.3 Å². The number of fused-ring (bicyclic) bond motifs is 1. The Morgan fingerprint density at radius 1 is 1.29 bits per heavy atom. The molecule has 1 fully saturated rings. The van der Waals surface area contributed by atoms with Gasteiger partial charge < -0.3 is 20.1 Å². The minimum atomic E-state index is -0.835. The Morgan fingerprint density at radius 2 is 2.04 bits per heavy atom. The Labute approximate surface area is 139 Å². The van der Waals surface area contributed by atoms with Gasteiger partial charge in [0.05, 0.1) is 11.6 Å². The van der Waals surface area contributed by atoms with Crippen molar-refractivity contribution in [3.8, 4) is 5.75 Å². The number of rotatable bonds is 3. The lowest BCUT2D eigenvalue weighted by atomic mass is 9.81. The smallest absolute Gasteiger partial charge is 0.306 e. The number of likely N-dealkylation sites (N-methyl/N-ethyl adjacent to an activating group) is 1. The van der Waals surface area contributed by atoms with Crippen LogP contribution in [0, 0.1) is 11.8 Å². The van der Waals surface area contributed by atoms with E-state index in [2.05, 4.69) is 5.32 Å². The molecular formula is C17H20N2O5. The first-order valence-corrected chi connectivity index (χ1v) is 8.03. The SMILES string of the molecule is CN1C(=O)COc2ccc(NC(=O)C3CCCC(C(=O)O)C3)cc21. The van der Waals surface area contributed by atoms with Crippen LogP contribution in [0.15, 0.2) is 18.2 Å². The maximum Gasteiger partial charge on any atom is 0.306 e. The number of aliphatic carboxylic acids is 1. The van der Waals surface area contributed by atoms with Crippen molar-refractivity contribution in [3.05, 3.63) is 18.2 Å². The molecule has 7 nitrogen and oxygen atoms in total. The molecule has 0 aromatic heterocycles. The molecule has 1 heterocycles. The summed E-state index contributed by atoms with van der Waals surface area (Å²) < 4.78 is 5.35. The molecule has 0 radical (unpaired) electrons. The monoisotopic (exact) mass is 332 g/mol. The number of carboxylic acids is 1. The van der Waals surface area contributed by atoms with Crippen LogP contribution in [0.5, 0.6) is 5.75 Å². The van der Waals surface area contributed by atoms with Gasteiger partial charge in [-0.05, 0) is 37.5 Å². The quantitative estimate of drug-likeness (QED) is 0.881. The van der Waals surface area contributed by atoms with E-state index >= 15 is 0 Å². The maximum atomic E-state index is 12.4. The Balaban J connectivity index is 1.71. The molecule has 24 heavy (non-hydrogen) atoms. The molecule has 1 aromatic carbocycles.